The molecule has 0 spiro atoms. The zero-order valence-electron chi connectivity index (χ0n) is 17.2. The summed E-state index contributed by atoms with van der Waals surface area (Å²) in [5, 5.41) is 14.6. The van der Waals surface area contributed by atoms with Crippen LogP contribution in [0.3, 0.4) is 0 Å². The second-order valence-corrected chi connectivity index (χ2v) is 8.51. The Morgan fingerprint density at radius 1 is 1.23 bits per heavy atom. The number of amides is 1. The van der Waals surface area contributed by atoms with Crippen molar-refractivity contribution in [3.05, 3.63) is 29.0 Å². The maximum absolute atomic E-state index is 13.6. The Morgan fingerprint density at radius 3 is 2.39 bits per heavy atom. The minimum atomic E-state index is -4.56. The van der Waals surface area contributed by atoms with Crippen LogP contribution in [0.25, 0.3) is 10.4 Å². The zero-order chi connectivity index (χ0) is 23.6. The first-order valence-corrected chi connectivity index (χ1v) is 10.2. The lowest BCUT2D eigenvalue weighted by Crippen LogP contribution is -2.47. The molecule has 0 unspecified atom stereocenters. The molecule has 12 heteroatoms. The van der Waals surface area contributed by atoms with Crippen molar-refractivity contribution in [1.82, 2.24) is 15.3 Å². The summed E-state index contributed by atoms with van der Waals surface area (Å²) in [5.74, 6) is -0.920. The highest BCUT2D eigenvalue weighted by molar-refractivity contribution is 7.17. The Kier molecular flexibility index (Phi) is 7.58. The average molecular weight is 466 g/mol. The summed E-state index contributed by atoms with van der Waals surface area (Å²) in [7, 11) is 0. The molecule has 0 saturated heterocycles. The number of anilines is 1. The monoisotopic (exact) mass is 466 g/mol. The molecule has 3 N–H and O–H groups in total. The van der Waals surface area contributed by atoms with Crippen LogP contribution in [0.1, 0.15) is 55.9 Å². The molecule has 2 atom stereocenters. The molecular weight excluding hydrogens is 443 g/mol. The number of hydrogen-bond donors (Lipinski definition) is 3. The fraction of sp³-hybridized carbons (Fsp3) is 0.526. The Balaban J connectivity index is 2.30. The van der Waals surface area contributed by atoms with Crippen molar-refractivity contribution in [2.24, 2.45) is 0 Å². The highest BCUT2D eigenvalue weighted by Crippen LogP contribution is 2.36. The molecule has 0 saturated carbocycles. The molecule has 2 aromatic heterocycles. The van der Waals surface area contributed by atoms with Gasteiger partial charge in [-0.25, -0.2) is 18.7 Å². The van der Waals surface area contributed by atoms with E-state index in [0.29, 0.717) is 0 Å². The molecule has 172 valence electrons. The zero-order valence-corrected chi connectivity index (χ0v) is 18.0. The van der Waals surface area contributed by atoms with Crippen LogP contribution in [-0.4, -0.2) is 44.8 Å². The molecule has 0 radical (unpaired) electrons. The molecule has 0 fully saturated rings. The third-order valence-corrected chi connectivity index (χ3v) is 5.70. The van der Waals surface area contributed by atoms with Gasteiger partial charge >= 0.3 is 6.18 Å². The summed E-state index contributed by atoms with van der Waals surface area (Å²) in [6.45, 7) is 5.95. The quantitative estimate of drug-likeness (QED) is 0.487. The van der Waals surface area contributed by atoms with Crippen molar-refractivity contribution < 1.29 is 31.9 Å². The minimum Gasteiger partial charge on any atom is -0.388 e. The molecule has 0 aliphatic rings. The van der Waals surface area contributed by atoms with Gasteiger partial charge in [0.25, 0.3) is 12.3 Å². The van der Waals surface area contributed by atoms with Crippen LogP contribution in [0, 0.1) is 0 Å². The van der Waals surface area contributed by atoms with Gasteiger partial charge in [0.1, 0.15) is 11.9 Å². The number of pyridine rings is 1. The number of hydrogen-bond acceptors (Lipinski definition) is 6. The number of thiazole rings is 1. The van der Waals surface area contributed by atoms with Crippen molar-refractivity contribution in [1.29, 1.82) is 0 Å². The van der Waals surface area contributed by atoms with Gasteiger partial charge in [0, 0.05) is 23.5 Å². The minimum absolute atomic E-state index is 0.0170. The molecule has 0 aromatic carbocycles. The number of nitrogens with one attached hydrogen (secondary N) is 2. The van der Waals surface area contributed by atoms with Gasteiger partial charge in [0.2, 0.25) is 0 Å². The number of carbonyl (C=O) groups excluding carboxylic acids is 1. The van der Waals surface area contributed by atoms with E-state index < -0.39 is 41.8 Å². The van der Waals surface area contributed by atoms with Gasteiger partial charge in [-0.2, -0.15) is 13.2 Å². The SMILES string of the molecule is CC[C@H](Nc1cc(C(F)F)c(-c2cnc(C(=O)N[C@H](C)C(C)(C)O)s2)cn1)C(F)(F)F. The van der Waals surface area contributed by atoms with Crippen LogP contribution in [0.15, 0.2) is 18.5 Å². The lowest BCUT2D eigenvalue weighted by molar-refractivity contribution is -0.142. The van der Waals surface area contributed by atoms with Crippen LogP contribution >= 0.6 is 11.3 Å². The van der Waals surface area contributed by atoms with Crippen LogP contribution in [-0.2, 0) is 0 Å². The van der Waals surface area contributed by atoms with Gasteiger partial charge < -0.3 is 15.7 Å². The molecule has 0 aliphatic heterocycles. The third-order valence-electron chi connectivity index (χ3n) is 4.67. The topological polar surface area (TPSA) is 87.1 Å². The van der Waals surface area contributed by atoms with Crippen LogP contribution in [0.2, 0.25) is 0 Å². The number of alkyl halides is 5. The first-order valence-electron chi connectivity index (χ1n) is 9.34. The summed E-state index contributed by atoms with van der Waals surface area (Å²) < 4.78 is 66.1. The van der Waals surface area contributed by atoms with E-state index in [1.54, 1.807) is 6.92 Å². The molecule has 2 heterocycles. The summed E-state index contributed by atoms with van der Waals surface area (Å²) >= 11 is 0.828. The Labute approximate surface area is 179 Å². The number of rotatable bonds is 8. The molecule has 0 aliphatic carbocycles. The lowest BCUT2D eigenvalue weighted by Gasteiger charge is -2.26. The summed E-state index contributed by atoms with van der Waals surface area (Å²) in [4.78, 5) is 20.3. The van der Waals surface area contributed by atoms with Crippen molar-refractivity contribution in [2.75, 3.05) is 5.32 Å². The lowest BCUT2D eigenvalue weighted by atomic mass is 10.0. The molecule has 2 rings (SSSR count). The van der Waals surface area contributed by atoms with Crippen LogP contribution in [0.4, 0.5) is 27.8 Å². The second-order valence-electron chi connectivity index (χ2n) is 7.48. The van der Waals surface area contributed by atoms with Crippen molar-refractivity contribution in [3.8, 4) is 10.4 Å². The number of aromatic nitrogens is 2. The summed E-state index contributed by atoms with van der Waals surface area (Å²) in [6.07, 6.45) is -5.59. The van der Waals surface area contributed by atoms with E-state index in [0.717, 1.165) is 23.6 Å². The first kappa shape index (κ1) is 24.9. The van der Waals surface area contributed by atoms with E-state index in [1.165, 1.54) is 27.0 Å². The van der Waals surface area contributed by atoms with E-state index in [2.05, 4.69) is 20.6 Å². The first-order chi connectivity index (χ1) is 14.2. The number of carbonyl (C=O) groups is 1. The maximum Gasteiger partial charge on any atom is 0.408 e. The van der Waals surface area contributed by atoms with Gasteiger partial charge in [-0.3, -0.25) is 4.79 Å². The Hall–Kier alpha value is -2.34. The van der Waals surface area contributed by atoms with E-state index in [-0.39, 0.29) is 27.7 Å². The molecule has 1 amide bonds. The highest BCUT2D eigenvalue weighted by atomic mass is 32.1. The van der Waals surface area contributed by atoms with Gasteiger partial charge in [-0.05, 0) is 33.3 Å². The van der Waals surface area contributed by atoms with Gasteiger partial charge in [-0.15, -0.1) is 11.3 Å². The van der Waals surface area contributed by atoms with Crippen LogP contribution in [0.5, 0.6) is 0 Å². The molecular formula is C19H23F5N4O2S. The molecule has 31 heavy (non-hydrogen) atoms. The summed E-state index contributed by atoms with van der Waals surface area (Å²) in [5.41, 5.74) is -1.75. The predicted octanol–water partition coefficient (Wildman–Crippen LogP) is 4.78. The molecule has 6 nitrogen and oxygen atoms in total. The standard InChI is InChI=1S/C19H23F5N4O2S/c1-5-13(19(22,23)24)28-14-6-10(15(20)21)11(7-25-14)12-8-26-17(31-12)16(29)27-9(2)18(3,4)30/h6-9,13,15,30H,5H2,1-4H3,(H,25,28)(H,27,29)/t9-,13+/m1/s1. The molecule has 2 aromatic rings. The maximum atomic E-state index is 13.6. The van der Waals surface area contributed by atoms with Gasteiger partial charge in [-0.1, -0.05) is 6.92 Å². The van der Waals surface area contributed by atoms with Crippen molar-refractivity contribution >= 4 is 23.1 Å². The smallest absolute Gasteiger partial charge is 0.388 e. The van der Waals surface area contributed by atoms with Crippen molar-refractivity contribution in [3.63, 3.8) is 0 Å². The number of halogens is 5. The third kappa shape index (κ3) is 6.33. The predicted molar refractivity (Wildman–Crippen MR) is 107 cm³/mol. The van der Waals surface area contributed by atoms with Crippen LogP contribution < -0.4 is 10.6 Å². The molecule has 0 bridgehead atoms. The Morgan fingerprint density at radius 2 is 1.87 bits per heavy atom. The fourth-order valence-electron chi connectivity index (χ4n) is 2.47. The van der Waals surface area contributed by atoms with Gasteiger partial charge in [0.05, 0.1) is 16.5 Å². The fourth-order valence-corrected chi connectivity index (χ4v) is 3.32. The highest BCUT2D eigenvalue weighted by Gasteiger charge is 2.38. The van der Waals surface area contributed by atoms with Crippen molar-refractivity contribution in [2.45, 2.75) is 64.4 Å². The summed E-state index contributed by atoms with van der Waals surface area (Å²) in [6, 6.07) is -1.66. The number of nitrogens with zero attached hydrogens (tertiary/aromatic N) is 2. The Bertz CT molecular complexity index is 911. The largest absolute Gasteiger partial charge is 0.408 e. The average Bonchev–Trinajstić information content (AvgIpc) is 3.14. The van der Waals surface area contributed by atoms with E-state index in [1.807, 2.05) is 0 Å². The van der Waals surface area contributed by atoms with E-state index in [4.69, 9.17) is 0 Å². The van der Waals surface area contributed by atoms with E-state index in [9.17, 15) is 31.9 Å². The second kappa shape index (κ2) is 9.43. The number of aliphatic hydroxyl groups is 1. The van der Waals surface area contributed by atoms with Gasteiger partial charge in [0.15, 0.2) is 5.01 Å². The normalized spacial score (nSPS) is 14.4. The van der Waals surface area contributed by atoms with E-state index >= 15 is 0 Å².